The number of nitrogens with zero attached hydrogens (tertiary/aromatic N) is 4. The molecule has 2 aromatic carbocycles. The molecule has 1 unspecified atom stereocenters. The van der Waals surface area contributed by atoms with E-state index in [0.29, 0.717) is 6.54 Å². The van der Waals surface area contributed by atoms with Gasteiger partial charge in [0.1, 0.15) is 0 Å². The molecule has 1 aliphatic rings. The van der Waals surface area contributed by atoms with E-state index in [1.54, 1.807) is 0 Å². The molecule has 6 heteroatoms. The molecular formula is C25H28N6. The van der Waals surface area contributed by atoms with Crippen LogP contribution in [0.2, 0.25) is 0 Å². The van der Waals surface area contributed by atoms with Crippen LogP contribution in [0.25, 0.3) is 22.2 Å². The number of aromatic nitrogens is 3. The maximum atomic E-state index is 6.45. The lowest BCUT2D eigenvalue weighted by atomic mass is 9.99. The van der Waals surface area contributed by atoms with E-state index >= 15 is 0 Å². The number of rotatable bonds is 6. The summed E-state index contributed by atoms with van der Waals surface area (Å²) in [5, 5.41) is 3.48. The maximum Gasteiger partial charge on any atom is 0.0955 e. The van der Waals surface area contributed by atoms with E-state index < -0.39 is 0 Å². The van der Waals surface area contributed by atoms with Crippen LogP contribution in [0, 0.1) is 0 Å². The van der Waals surface area contributed by atoms with Crippen molar-refractivity contribution >= 4 is 16.7 Å². The smallest absolute Gasteiger partial charge is 0.0955 e. The number of nitrogens with one attached hydrogen (secondary N) is 1. The Morgan fingerprint density at radius 3 is 2.84 bits per heavy atom. The first-order chi connectivity index (χ1) is 15.2. The standard InChI is InChI=1S/C25H28N6/c1-30-17-29-24-7-6-19(11-25(24)30)21-10-23(14-27-12-21)28-13-22(26)16-31-9-8-18-4-2-3-5-20(18)15-31/h2-7,10-12,14,17,22,28H,8-9,13,15-16,26H2,1H3. The molecule has 0 saturated heterocycles. The average molecular weight is 413 g/mol. The third-order valence-corrected chi connectivity index (χ3v) is 6.07. The first-order valence-electron chi connectivity index (χ1n) is 10.8. The minimum Gasteiger partial charge on any atom is -0.382 e. The summed E-state index contributed by atoms with van der Waals surface area (Å²) in [6.07, 6.45) is 6.69. The minimum absolute atomic E-state index is 0.0553. The van der Waals surface area contributed by atoms with Crippen LogP contribution in [0.4, 0.5) is 5.69 Å². The molecule has 4 aromatic rings. The number of pyridine rings is 1. The maximum absolute atomic E-state index is 6.45. The average Bonchev–Trinajstić information content (AvgIpc) is 3.18. The van der Waals surface area contributed by atoms with E-state index in [9.17, 15) is 0 Å². The highest BCUT2D eigenvalue weighted by Crippen LogP contribution is 2.25. The van der Waals surface area contributed by atoms with Crippen LogP contribution in [0.3, 0.4) is 0 Å². The Balaban J connectivity index is 1.21. The van der Waals surface area contributed by atoms with Gasteiger partial charge in [0.15, 0.2) is 0 Å². The Morgan fingerprint density at radius 1 is 1.06 bits per heavy atom. The highest BCUT2D eigenvalue weighted by molar-refractivity contribution is 5.82. The first kappa shape index (κ1) is 19.7. The van der Waals surface area contributed by atoms with Gasteiger partial charge in [0.05, 0.1) is 23.0 Å². The molecule has 3 heterocycles. The van der Waals surface area contributed by atoms with Gasteiger partial charge in [0.25, 0.3) is 0 Å². The zero-order chi connectivity index (χ0) is 21.2. The summed E-state index contributed by atoms with van der Waals surface area (Å²) < 4.78 is 2.03. The van der Waals surface area contributed by atoms with Crippen molar-refractivity contribution in [2.45, 2.75) is 19.0 Å². The number of fused-ring (bicyclic) bond motifs is 2. The van der Waals surface area contributed by atoms with Crippen molar-refractivity contribution in [3.05, 3.63) is 78.4 Å². The van der Waals surface area contributed by atoms with Gasteiger partial charge in [-0.3, -0.25) is 9.88 Å². The summed E-state index contributed by atoms with van der Waals surface area (Å²) in [6, 6.07) is 17.2. The van der Waals surface area contributed by atoms with E-state index in [1.807, 2.05) is 30.3 Å². The van der Waals surface area contributed by atoms with E-state index in [4.69, 9.17) is 5.73 Å². The van der Waals surface area contributed by atoms with Gasteiger partial charge in [-0.05, 0) is 41.3 Å². The Bertz CT molecular complexity index is 1200. The van der Waals surface area contributed by atoms with Gasteiger partial charge in [0.2, 0.25) is 0 Å². The molecule has 0 aliphatic carbocycles. The lowest BCUT2D eigenvalue weighted by molar-refractivity contribution is 0.241. The SMILES string of the molecule is Cn1cnc2ccc(-c3cncc(NCC(N)CN4CCc5ccccc5C4)c3)cc21. The van der Waals surface area contributed by atoms with Gasteiger partial charge in [-0.1, -0.05) is 30.3 Å². The zero-order valence-corrected chi connectivity index (χ0v) is 17.8. The predicted octanol–water partition coefficient (Wildman–Crippen LogP) is 3.43. The van der Waals surface area contributed by atoms with Crippen LogP contribution in [-0.4, -0.2) is 45.1 Å². The molecule has 0 amide bonds. The second-order valence-corrected chi connectivity index (χ2v) is 8.42. The van der Waals surface area contributed by atoms with Gasteiger partial charge in [-0.2, -0.15) is 0 Å². The highest BCUT2D eigenvalue weighted by atomic mass is 15.1. The minimum atomic E-state index is 0.0553. The van der Waals surface area contributed by atoms with Gasteiger partial charge in [-0.25, -0.2) is 4.98 Å². The number of hydrogen-bond donors (Lipinski definition) is 2. The molecule has 5 rings (SSSR count). The molecule has 3 N–H and O–H groups in total. The number of nitrogens with two attached hydrogens (primary N) is 1. The van der Waals surface area contributed by atoms with Crippen molar-refractivity contribution in [3.63, 3.8) is 0 Å². The van der Waals surface area contributed by atoms with Crippen molar-refractivity contribution < 1.29 is 0 Å². The van der Waals surface area contributed by atoms with Crippen molar-refractivity contribution in [2.75, 3.05) is 25.0 Å². The molecule has 0 radical (unpaired) electrons. The third-order valence-electron chi connectivity index (χ3n) is 6.07. The molecule has 1 atom stereocenters. The monoisotopic (exact) mass is 412 g/mol. The molecular weight excluding hydrogens is 384 g/mol. The van der Waals surface area contributed by atoms with Gasteiger partial charge in [0, 0.05) is 57.2 Å². The Morgan fingerprint density at radius 2 is 1.94 bits per heavy atom. The zero-order valence-electron chi connectivity index (χ0n) is 17.8. The van der Waals surface area contributed by atoms with Crippen LogP contribution >= 0.6 is 0 Å². The molecule has 2 aromatic heterocycles. The predicted molar refractivity (Wildman–Crippen MR) is 126 cm³/mol. The van der Waals surface area contributed by atoms with Crippen molar-refractivity contribution in [1.82, 2.24) is 19.4 Å². The number of hydrogen-bond acceptors (Lipinski definition) is 5. The summed E-state index contributed by atoms with van der Waals surface area (Å²) in [6.45, 7) is 3.64. The number of imidazole rings is 1. The molecule has 1 aliphatic heterocycles. The van der Waals surface area contributed by atoms with Crippen molar-refractivity contribution in [3.8, 4) is 11.1 Å². The molecule has 31 heavy (non-hydrogen) atoms. The van der Waals surface area contributed by atoms with Crippen molar-refractivity contribution in [2.24, 2.45) is 12.8 Å². The van der Waals surface area contributed by atoms with E-state index in [0.717, 1.165) is 53.9 Å². The Hall–Kier alpha value is -3.22. The van der Waals surface area contributed by atoms with Gasteiger partial charge >= 0.3 is 0 Å². The third kappa shape index (κ3) is 4.31. The quantitative estimate of drug-likeness (QED) is 0.508. The van der Waals surface area contributed by atoms with E-state index in [-0.39, 0.29) is 6.04 Å². The fourth-order valence-electron chi connectivity index (χ4n) is 4.36. The lowest BCUT2D eigenvalue weighted by Crippen LogP contribution is -2.43. The molecule has 0 saturated carbocycles. The second kappa shape index (κ2) is 8.49. The van der Waals surface area contributed by atoms with E-state index in [2.05, 4.69) is 68.7 Å². The van der Waals surface area contributed by atoms with Crippen LogP contribution in [0.15, 0.2) is 67.3 Å². The molecule has 0 spiro atoms. The van der Waals surface area contributed by atoms with Crippen LogP contribution in [0.1, 0.15) is 11.1 Å². The highest BCUT2D eigenvalue weighted by Gasteiger charge is 2.17. The fraction of sp³-hybridized carbons (Fsp3) is 0.280. The Kier molecular flexibility index (Phi) is 5.40. The summed E-state index contributed by atoms with van der Waals surface area (Å²) in [7, 11) is 2.01. The number of benzene rings is 2. The molecule has 6 nitrogen and oxygen atoms in total. The lowest BCUT2D eigenvalue weighted by Gasteiger charge is -2.30. The van der Waals surface area contributed by atoms with Crippen molar-refractivity contribution in [1.29, 1.82) is 0 Å². The Labute approximate surface area is 182 Å². The number of anilines is 1. The summed E-state index contributed by atoms with van der Waals surface area (Å²) in [4.78, 5) is 11.3. The molecule has 158 valence electrons. The van der Waals surface area contributed by atoms with E-state index in [1.165, 1.54) is 11.1 Å². The second-order valence-electron chi connectivity index (χ2n) is 8.42. The normalized spacial score (nSPS) is 15.0. The molecule has 0 bridgehead atoms. The topological polar surface area (TPSA) is 72.0 Å². The van der Waals surface area contributed by atoms with Crippen LogP contribution in [-0.2, 0) is 20.0 Å². The summed E-state index contributed by atoms with van der Waals surface area (Å²) in [5.74, 6) is 0. The largest absolute Gasteiger partial charge is 0.382 e. The first-order valence-corrected chi connectivity index (χ1v) is 10.8. The number of aryl methyl sites for hydroxylation is 1. The summed E-state index contributed by atoms with van der Waals surface area (Å²) in [5.41, 5.74) is 14.7. The van der Waals surface area contributed by atoms with Gasteiger partial charge in [-0.15, -0.1) is 0 Å². The molecule has 0 fully saturated rings. The fourth-order valence-corrected chi connectivity index (χ4v) is 4.36. The van der Waals surface area contributed by atoms with Gasteiger partial charge < -0.3 is 15.6 Å². The van der Waals surface area contributed by atoms with Crippen LogP contribution in [0.5, 0.6) is 0 Å². The summed E-state index contributed by atoms with van der Waals surface area (Å²) >= 11 is 0. The van der Waals surface area contributed by atoms with Crippen LogP contribution < -0.4 is 11.1 Å².